The van der Waals surface area contributed by atoms with E-state index in [1.807, 2.05) is 20.8 Å². The Bertz CT molecular complexity index is 297. The van der Waals surface area contributed by atoms with Crippen molar-refractivity contribution in [1.29, 1.82) is 0 Å². The number of allylic oxidation sites excluding steroid dienone is 1. The van der Waals surface area contributed by atoms with Crippen molar-refractivity contribution < 1.29 is 14.6 Å². The van der Waals surface area contributed by atoms with Crippen molar-refractivity contribution in [3.05, 3.63) is 11.3 Å². The van der Waals surface area contributed by atoms with Gasteiger partial charge in [-0.2, -0.15) is 0 Å². The molecule has 1 amide bonds. The van der Waals surface area contributed by atoms with Crippen LogP contribution < -0.4 is 5.32 Å². The van der Waals surface area contributed by atoms with E-state index in [1.165, 1.54) is 0 Å². The quantitative estimate of drug-likeness (QED) is 0.768. The van der Waals surface area contributed by atoms with Gasteiger partial charge in [0.05, 0.1) is 18.3 Å². The molecule has 98 valence electrons. The highest BCUT2D eigenvalue weighted by Gasteiger charge is 2.18. The Morgan fingerprint density at radius 3 is 2.82 bits per heavy atom. The Kier molecular flexibility index (Phi) is 5.48. The lowest BCUT2D eigenvalue weighted by Crippen LogP contribution is -2.34. The number of carbonyl (C=O) groups excluding carboxylic acids is 1. The second-order valence-corrected chi connectivity index (χ2v) is 4.98. The molecule has 0 bridgehead atoms. The molecule has 1 atom stereocenters. The fraction of sp³-hybridized carbons (Fsp3) is 0.769. The molecule has 1 aliphatic rings. The van der Waals surface area contributed by atoms with Gasteiger partial charge in [-0.25, -0.2) is 0 Å². The minimum atomic E-state index is -0.468. The van der Waals surface area contributed by atoms with Gasteiger partial charge >= 0.3 is 0 Å². The minimum absolute atomic E-state index is 0.106. The number of ether oxygens (including phenoxy) is 1. The fourth-order valence-electron chi connectivity index (χ4n) is 1.96. The normalized spacial score (nSPS) is 17.9. The fourth-order valence-corrected chi connectivity index (χ4v) is 1.96. The van der Waals surface area contributed by atoms with Crippen LogP contribution >= 0.6 is 0 Å². The molecule has 0 aromatic heterocycles. The molecule has 17 heavy (non-hydrogen) atoms. The predicted molar refractivity (Wildman–Crippen MR) is 66.4 cm³/mol. The summed E-state index contributed by atoms with van der Waals surface area (Å²) in [5.74, 6) is 1.04. The third-order valence-electron chi connectivity index (χ3n) is 2.83. The molecule has 2 N–H and O–H groups in total. The summed E-state index contributed by atoms with van der Waals surface area (Å²) in [6.07, 6.45) is 1.88. The largest absolute Gasteiger partial charge is 0.498 e. The van der Waals surface area contributed by atoms with E-state index in [1.54, 1.807) is 0 Å². The number of carbonyl (C=O) groups is 1. The lowest BCUT2D eigenvalue weighted by Gasteiger charge is -2.19. The number of hydrogen-bond donors (Lipinski definition) is 2. The molecule has 4 heteroatoms. The predicted octanol–water partition coefficient (Wildman–Crippen LogP) is 1.59. The summed E-state index contributed by atoms with van der Waals surface area (Å²) >= 11 is 0. The van der Waals surface area contributed by atoms with Crippen LogP contribution in [0.5, 0.6) is 0 Å². The van der Waals surface area contributed by atoms with Gasteiger partial charge in [0.1, 0.15) is 5.76 Å². The van der Waals surface area contributed by atoms with Gasteiger partial charge < -0.3 is 15.2 Å². The number of hydrogen-bond acceptors (Lipinski definition) is 3. The molecule has 1 heterocycles. The summed E-state index contributed by atoms with van der Waals surface area (Å²) in [7, 11) is 0. The summed E-state index contributed by atoms with van der Waals surface area (Å²) in [5, 5.41) is 12.4. The van der Waals surface area contributed by atoms with Crippen LogP contribution in [0.2, 0.25) is 0 Å². The first-order valence-electron chi connectivity index (χ1n) is 6.29. The number of nitrogens with one attached hydrogen (secondary N) is 1. The van der Waals surface area contributed by atoms with E-state index in [0.717, 1.165) is 12.8 Å². The molecular formula is C13H23NO3. The molecule has 1 unspecified atom stereocenters. The first kappa shape index (κ1) is 14.0. The lowest BCUT2D eigenvalue weighted by molar-refractivity contribution is -0.118. The van der Waals surface area contributed by atoms with E-state index in [2.05, 4.69) is 5.32 Å². The second kappa shape index (κ2) is 6.64. The summed E-state index contributed by atoms with van der Waals surface area (Å²) in [4.78, 5) is 11.8. The van der Waals surface area contributed by atoms with Crippen molar-refractivity contribution in [1.82, 2.24) is 5.32 Å². The third-order valence-corrected chi connectivity index (χ3v) is 2.83. The zero-order valence-corrected chi connectivity index (χ0v) is 11.0. The van der Waals surface area contributed by atoms with Crippen LogP contribution in [0, 0.1) is 5.92 Å². The maximum Gasteiger partial charge on any atom is 0.250 e. The number of amides is 1. The smallest absolute Gasteiger partial charge is 0.250 e. The van der Waals surface area contributed by atoms with Crippen LogP contribution in [0.1, 0.15) is 40.0 Å². The Hall–Kier alpha value is -1.03. The summed E-state index contributed by atoms with van der Waals surface area (Å²) in [5.41, 5.74) is 0.716. The van der Waals surface area contributed by atoms with Crippen LogP contribution in [-0.4, -0.2) is 30.3 Å². The SMILES string of the molecule is CC1=C(C(=O)NCC(O)CC(C)C)CCCO1. The summed E-state index contributed by atoms with van der Waals surface area (Å²) in [6.45, 7) is 6.92. The van der Waals surface area contributed by atoms with E-state index >= 15 is 0 Å². The van der Waals surface area contributed by atoms with Crippen LogP contribution in [-0.2, 0) is 9.53 Å². The molecule has 0 saturated heterocycles. The van der Waals surface area contributed by atoms with Gasteiger partial charge in [0.15, 0.2) is 0 Å². The first-order valence-corrected chi connectivity index (χ1v) is 6.29. The van der Waals surface area contributed by atoms with Crippen LogP contribution in [0.15, 0.2) is 11.3 Å². The van der Waals surface area contributed by atoms with E-state index < -0.39 is 6.10 Å². The molecule has 4 nitrogen and oxygen atoms in total. The third kappa shape index (κ3) is 4.77. The molecule has 1 aliphatic heterocycles. The molecule has 0 radical (unpaired) electrons. The van der Waals surface area contributed by atoms with E-state index in [4.69, 9.17) is 4.74 Å². The van der Waals surface area contributed by atoms with Gasteiger partial charge in [0.25, 0.3) is 5.91 Å². The molecule has 0 spiro atoms. The molecule has 0 fully saturated rings. The van der Waals surface area contributed by atoms with Crippen molar-refractivity contribution in [2.75, 3.05) is 13.2 Å². The standard InChI is InChI=1S/C13H23NO3/c1-9(2)7-11(15)8-14-13(16)12-5-4-6-17-10(12)3/h9,11,15H,4-8H2,1-3H3,(H,14,16). The van der Waals surface area contributed by atoms with Crippen molar-refractivity contribution >= 4 is 5.91 Å². The Labute approximate surface area is 103 Å². The zero-order chi connectivity index (χ0) is 12.8. The number of aliphatic hydroxyl groups is 1. The number of aliphatic hydroxyl groups excluding tert-OH is 1. The Morgan fingerprint density at radius 2 is 2.24 bits per heavy atom. The van der Waals surface area contributed by atoms with E-state index in [0.29, 0.717) is 36.8 Å². The van der Waals surface area contributed by atoms with Crippen molar-refractivity contribution in [3.63, 3.8) is 0 Å². The Morgan fingerprint density at radius 1 is 1.53 bits per heavy atom. The minimum Gasteiger partial charge on any atom is -0.498 e. The molecule has 0 aromatic carbocycles. The Balaban J connectivity index is 2.39. The van der Waals surface area contributed by atoms with Gasteiger partial charge in [-0.1, -0.05) is 13.8 Å². The molecule has 0 aromatic rings. The topological polar surface area (TPSA) is 58.6 Å². The van der Waals surface area contributed by atoms with Gasteiger partial charge in [0.2, 0.25) is 0 Å². The van der Waals surface area contributed by atoms with Gasteiger partial charge in [-0.15, -0.1) is 0 Å². The summed E-state index contributed by atoms with van der Waals surface area (Å²) < 4.78 is 5.34. The maximum absolute atomic E-state index is 11.8. The van der Waals surface area contributed by atoms with E-state index in [-0.39, 0.29) is 5.91 Å². The maximum atomic E-state index is 11.8. The second-order valence-electron chi connectivity index (χ2n) is 4.98. The molecular weight excluding hydrogens is 218 g/mol. The van der Waals surface area contributed by atoms with E-state index in [9.17, 15) is 9.90 Å². The van der Waals surface area contributed by atoms with Crippen LogP contribution in [0.4, 0.5) is 0 Å². The monoisotopic (exact) mass is 241 g/mol. The molecule has 1 rings (SSSR count). The van der Waals surface area contributed by atoms with Crippen molar-refractivity contribution in [3.8, 4) is 0 Å². The van der Waals surface area contributed by atoms with Gasteiger partial charge in [-0.3, -0.25) is 4.79 Å². The first-order chi connectivity index (χ1) is 8.00. The van der Waals surface area contributed by atoms with Gasteiger partial charge in [0, 0.05) is 6.54 Å². The van der Waals surface area contributed by atoms with Crippen LogP contribution in [0.3, 0.4) is 0 Å². The van der Waals surface area contributed by atoms with Crippen molar-refractivity contribution in [2.24, 2.45) is 5.92 Å². The number of rotatable bonds is 5. The lowest BCUT2D eigenvalue weighted by atomic mass is 10.0. The average Bonchev–Trinajstić information content (AvgIpc) is 2.25. The molecule has 0 saturated carbocycles. The summed E-state index contributed by atoms with van der Waals surface area (Å²) in [6, 6.07) is 0. The average molecular weight is 241 g/mol. The highest BCUT2D eigenvalue weighted by molar-refractivity contribution is 5.93. The van der Waals surface area contributed by atoms with Crippen LogP contribution in [0.25, 0.3) is 0 Å². The zero-order valence-electron chi connectivity index (χ0n) is 11.0. The van der Waals surface area contributed by atoms with Gasteiger partial charge in [-0.05, 0) is 32.1 Å². The molecule has 0 aliphatic carbocycles. The highest BCUT2D eigenvalue weighted by Crippen LogP contribution is 2.18. The van der Waals surface area contributed by atoms with Crippen molar-refractivity contribution in [2.45, 2.75) is 46.1 Å². The highest BCUT2D eigenvalue weighted by atomic mass is 16.5.